The summed E-state index contributed by atoms with van der Waals surface area (Å²) in [7, 11) is 2.23. The van der Waals surface area contributed by atoms with Crippen molar-refractivity contribution in [2.45, 2.75) is 58.3 Å². The standard InChI is InChI=1S/C19H32N2O2/c1-15(22)16-4-6-17(7-5-16)18(23)21-12-9-19(10-13-21)8-3-11-20(2)14-19/h16-17H,3-14H2,1-2H3. The minimum absolute atomic E-state index is 0.175. The highest BCUT2D eigenvalue weighted by Gasteiger charge is 2.40. The number of amides is 1. The third-order valence-electron chi connectivity index (χ3n) is 6.64. The number of hydrogen-bond donors (Lipinski definition) is 0. The van der Waals surface area contributed by atoms with E-state index in [0.717, 1.165) is 38.8 Å². The third kappa shape index (κ3) is 3.78. The van der Waals surface area contributed by atoms with Crippen LogP contribution in [0, 0.1) is 17.3 Å². The molecule has 3 rings (SSSR count). The van der Waals surface area contributed by atoms with Crippen LogP contribution in [0.4, 0.5) is 0 Å². The van der Waals surface area contributed by atoms with E-state index >= 15 is 0 Å². The van der Waals surface area contributed by atoms with Gasteiger partial charge in [0.15, 0.2) is 0 Å². The molecule has 1 spiro atoms. The molecule has 2 saturated heterocycles. The number of hydrogen-bond acceptors (Lipinski definition) is 3. The molecule has 4 nitrogen and oxygen atoms in total. The van der Waals surface area contributed by atoms with E-state index in [4.69, 9.17) is 0 Å². The lowest BCUT2D eigenvalue weighted by atomic mass is 9.72. The first-order chi connectivity index (χ1) is 11.0. The van der Waals surface area contributed by atoms with E-state index in [-0.39, 0.29) is 11.8 Å². The third-order valence-corrected chi connectivity index (χ3v) is 6.64. The number of likely N-dealkylation sites (tertiary alicyclic amines) is 2. The second-order valence-electron chi connectivity index (χ2n) is 8.33. The van der Waals surface area contributed by atoms with Crippen molar-refractivity contribution in [2.75, 3.05) is 33.2 Å². The molecule has 1 amide bonds. The Morgan fingerprint density at radius 3 is 2.09 bits per heavy atom. The van der Waals surface area contributed by atoms with E-state index in [0.29, 0.717) is 17.1 Å². The number of carbonyl (C=O) groups excluding carboxylic acids is 2. The molecule has 0 N–H and O–H groups in total. The van der Waals surface area contributed by atoms with Gasteiger partial charge in [-0.2, -0.15) is 0 Å². The second kappa shape index (κ2) is 6.92. The molecule has 0 aromatic carbocycles. The fourth-order valence-corrected chi connectivity index (χ4v) is 5.07. The summed E-state index contributed by atoms with van der Waals surface area (Å²) < 4.78 is 0. The van der Waals surface area contributed by atoms with E-state index in [9.17, 15) is 9.59 Å². The van der Waals surface area contributed by atoms with E-state index in [1.54, 1.807) is 6.92 Å². The van der Waals surface area contributed by atoms with Crippen LogP contribution in [0.15, 0.2) is 0 Å². The van der Waals surface area contributed by atoms with Crippen LogP contribution in [-0.4, -0.2) is 54.7 Å². The fraction of sp³-hybridized carbons (Fsp3) is 0.895. The molecule has 1 saturated carbocycles. The molecule has 2 heterocycles. The van der Waals surface area contributed by atoms with E-state index in [1.165, 1.54) is 38.8 Å². The van der Waals surface area contributed by atoms with Gasteiger partial charge in [-0.15, -0.1) is 0 Å². The SMILES string of the molecule is CC(=O)C1CCC(C(=O)N2CCC3(CCCN(C)C3)CC2)CC1. The number of carbonyl (C=O) groups is 2. The summed E-state index contributed by atoms with van der Waals surface area (Å²) in [5.41, 5.74) is 0.468. The number of rotatable bonds is 2. The smallest absolute Gasteiger partial charge is 0.225 e. The van der Waals surface area contributed by atoms with Gasteiger partial charge >= 0.3 is 0 Å². The Bertz CT molecular complexity index is 446. The molecule has 23 heavy (non-hydrogen) atoms. The minimum Gasteiger partial charge on any atom is -0.342 e. The van der Waals surface area contributed by atoms with E-state index in [2.05, 4.69) is 16.8 Å². The molecule has 3 aliphatic rings. The Balaban J connectivity index is 1.50. The van der Waals surface area contributed by atoms with Crippen LogP contribution in [0.5, 0.6) is 0 Å². The van der Waals surface area contributed by atoms with Gasteiger partial charge in [-0.25, -0.2) is 0 Å². The van der Waals surface area contributed by atoms with Crippen molar-refractivity contribution in [3.05, 3.63) is 0 Å². The molecule has 0 aromatic heterocycles. The van der Waals surface area contributed by atoms with E-state index in [1.807, 2.05) is 0 Å². The largest absolute Gasteiger partial charge is 0.342 e. The molecule has 4 heteroatoms. The Morgan fingerprint density at radius 1 is 0.913 bits per heavy atom. The topological polar surface area (TPSA) is 40.6 Å². The van der Waals surface area contributed by atoms with Crippen molar-refractivity contribution in [2.24, 2.45) is 17.3 Å². The number of ketones is 1. The molecule has 130 valence electrons. The predicted octanol–water partition coefficient (Wildman–Crippen LogP) is 2.72. The molecule has 2 aliphatic heterocycles. The maximum absolute atomic E-state index is 12.8. The fourth-order valence-electron chi connectivity index (χ4n) is 5.07. The van der Waals surface area contributed by atoms with Gasteiger partial charge in [0, 0.05) is 31.5 Å². The highest BCUT2D eigenvalue weighted by molar-refractivity contribution is 5.81. The van der Waals surface area contributed by atoms with Gasteiger partial charge in [0.2, 0.25) is 5.91 Å². The molecule has 3 fully saturated rings. The lowest BCUT2D eigenvalue weighted by molar-refractivity contribution is -0.140. The maximum atomic E-state index is 12.8. The lowest BCUT2D eigenvalue weighted by Gasteiger charge is -2.47. The van der Waals surface area contributed by atoms with Gasteiger partial charge in [-0.3, -0.25) is 9.59 Å². The monoisotopic (exact) mass is 320 g/mol. The number of Topliss-reactive ketones (excluding diaryl/α,β-unsaturated/α-hetero) is 1. The summed E-state index contributed by atoms with van der Waals surface area (Å²) in [6.45, 7) is 6.01. The summed E-state index contributed by atoms with van der Waals surface area (Å²) >= 11 is 0. The van der Waals surface area contributed by atoms with Gasteiger partial charge in [-0.1, -0.05) is 0 Å². The average Bonchev–Trinajstić information content (AvgIpc) is 2.55. The number of nitrogens with zero attached hydrogens (tertiary/aromatic N) is 2. The van der Waals surface area contributed by atoms with Gasteiger partial charge in [0.05, 0.1) is 0 Å². The molecular formula is C19H32N2O2. The minimum atomic E-state index is 0.175. The molecular weight excluding hydrogens is 288 g/mol. The first-order valence-electron chi connectivity index (χ1n) is 9.47. The normalized spacial score (nSPS) is 32.0. The van der Waals surface area contributed by atoms with Crippen LogP contribution in [0.25, 0.3) is 0 Å². The first kappa shape index (κ1) is 16.9. The van der Waals surface area contributed by atoms with Gasteiger partial charge in [0.25, 0.3) is 0 Å². The van der Waals surface area contributed by atoms with Crippen molar-refractivity contribution in [1.29, 1.82) is 0 Å². The van der Waals surface area contributed by atoms with Crippen molar-refractivity contribution in [1.82, 2.24) is 9.80 Å². The second-order valence-corrected chi connectivity index (χ2v) is 8.33. The van der Waals surface area contributed by atoms with Gasteiger partial charge in [-0.05, 0) is 77.3 Å². The average molecular weight is 320 g/mol. The summed E-state index contributed by atoms with van der Waals surface area (Å²) in [4.78, 5) is 28.9. The lowest BCUT2D eigenvalue weighted by Crippen LogP contribution is -2.51. The zero-order chi connectivity index (χ0) is 16.4. The summed E-state index contributed by atoms with van der Waals surface area (Å²) in [5, 5.41) is 0. The molecule has 0 bridgehead atoms. The quantitative estimate of drug-likeness (QED) is 0.785. The molecule has 1 aliphatic carbocycles. The van der Waals surface area contributed by atoms with Gasteiger partial charge < -0.3 is 9.80 Å². The Kier molecular flexibility index (Phi) is 5.10. The molecule has 0 radical (unpaired) electrons. The summed E-state index contributed by atoms with van der Waals surface area (Å²) in [5.74, 6) is 1.05. The highest BCUT2D eigenvalue weighted by Crippen LogP contribution is 2.40. The highest BCUT2D eigenvalue weighted by atomic mass is 16.2. The van der Waals surface area contributed by atoms with Crippen molar-refractivity contribution < 1.29 is 9.59 Å². The summed E-state index contributed by atoms with van der Waals surface area (Å²) in [6.07, 6.45) is 8.63. The van der Waals surface area contributed by atoms with Crippen LogP contribution >= 0.6 is 0 Å². The molecule has 0 unspecified atom stereocenters. The van der Waals surface area contributed by atoms with Crippen molar-refractivity contribution in [3.63, 3.8) is 0 Å². The van der Waals surface area contributed by atoms with E-state index < -0.39 is 0 Å². The van der Waals surface area contributed by atoms with Crippen LogP contribution in [0.2, 0.25) is 0 Å². The molecule has 0 aromatic rings. The van der Waals surface area contributed by atoms with Crippen LogP contribution < -0.4 is 0 Å². The van der Waals surface area contributed by atoms with Gasteiger partial charge in [0.1, 0.15) is 5.78 Å². The van der Waals surface area contributed by atoms with Crippen LogP contribution in [-0.2, 0) is 9.59 Å². The summed E-state index contributed by atoms with van der Waals surface area (Å²) in [6, 6.07) is 0. The predicted molar refractivity (Wildman–Crippen MR) is 91.1 cm³/mol. The molecule has 0 atom stereocenters. The Morgan fingerprint density at radius 2 is 1.52 bits per heavy atom. The van der Waals surface area contributed by atoms with Crippen molar-refractivity contribution in [3.8, 4) is 0 Å². The van der Waals surface area contributed by atoms with Crippen molar-refractivity contribution >= 4 is 11.7 Å². The van der Waals surface area contributed by atoms with Crippen LogP contribution in [0.3, 0.4) is 0 Å². The maximum Gasteiger partial charge on any atom is 0.225 e. The number of piperidine rings is 2. The Hall–Kier alpha value is -0.900. The zero-order valence-electron chi connectivity index (χ0n) is 14.9. The first-order valence-corrected chi connectivity index (χ1v) is 9.47. The zero-order valence-corrected chi connectivity index (χ0v) is 14.9. The van der Waals surface area contributed by atoms with Crippen LogP contribution in [0.1, 0.15) is 58.3 Å². The Labute approximate surface area is 140 Å².